The van der Waals surface area contributed by atoms with Crippen molar-refractivity contribution in [3.05, 3.63) is 109 Å². The first-order valence-electron chi connectivity index (χ1n) is 10.8. The summed E-state index contributed by atoms with van der Waals surface area (Å²) in [6, 6.07) is 30.1. The van der Waals surface area contributed by atoms with Crippen molar-refractivity contribution in [2.24, 2.45) is 0 Å². The third kappa shape index (κ3) is 7.35. The summed E-state index contributed by atoms with van der Waals surface area (Å²) in [5.41, 5.74) is 1.57. The van der Waals surface area contributed by atoms with Crippen LogP contribution in [0.2, 0.25) is 0 Å². The maximum absolute atomic E-state index is 12.4. The Morgan fingerprint density at radius 1 is 0.417 bits per heavy atom. The molecule has 0 spiro atoms. The number of rotatable bonds is 6. The van der Waals surface area contributed by atoms with E-state index in [1.807, 2.05) is 18.2 Å². The second kappa shape index (κ2) is 11.7. The highest BCUT2D eigenvalue weighted by atomic mass is 16.6. The number of benzene rings is 4. The molecular formula is C27H21N3O6. The van der Waals surface area contributed by atoms with Crippen molar-refractivity contribution in [2.45, 2.75) is 0 Å². The van der Waals surface area contributed by atoms with Crippen LogP contribution in [-0.2, 0) is 0 Å². The van der Waals surface area contributed by atoms with Crippen LogP contribution in [0.3, 0.4) is 0 Å². The van der Waals surface area contributed by atoms with Crippen LogP contribution in [0, 0.1) is 0 Å². The largest absolute Gasteiger partial charge is 0.417 e. The van der Waals surface area contributed by atoms with Crippen molar-refractivity contribution >= 4 is 35.3 Å². The van der Waals surface area contributed by atoms with Gasteiger partial charge >= 0.3 is 18.3 Å². The van der Waals surface area contributed by atoms with E-state index in [4.69, 9.17) is 14.2 Å². The zero-order valence-corrected chi connectivity index (χ0v) is 18.8. The molecule has 0 atom stereocenters. The Bertz CT molecular complexity index is 1150. The van der Waals surface area contributed by atoms with Gasteiger partial charge < -0.3 is 14.2 Å². The number of amides is 3. The molecule has 0 saturated carbocycles. The Balaban J connectivity index is 1.49. The molecule has 4 aromatic carbocycles. The predicted molar refractivity (Wildman–Crippen MR) is 135 cm³/mol. The minimum Gasteiger partial charge on any atom is -0.410 e. The van der Waals surface area contributed by atoms with Crippen LogP contribution in [-0.4, -0.2) is 18.3 Å². The highest BCUT2D eigenvalue weighted by molar-refractivity contribution is 5.88. The summed E-state index contributed by atoms with van der Waals surface area (Å²) in [4.78, 5) is 37.1. The lowest BCUT2D eigenvalue weighted by Crippen LogP contribution is -2.19. The van der Waals surface area contributed by atoms with Crippen LogP contribution < -0.4 is 30.2 Å². The monoisotopic (exact) mass is 483 g/mol. The maximum Gasteiger partial charge on any atom is 0.417 e. The molecule has 0 fully saturated rings. The van der Waals surface area contributed by atoms with Gasteiger partial charge in [0, 0.05) is 35.3 Å². The lowest BCUT2D eigenvalue weighted by molar-refractivity contribution is 0.212. The molecular weight excluding hydrogens is 462 g/mol. The Morgan fingerprint density at radius 2 is 0.667 bits per heavy atom. The summed E-state index contributed by atoms with van der Waals surface area (Å²) in [7, 11) is 0. The van der Waals surface area contributed by atoms with Crippen molar-refractivity contribution in [1.29, 1.82) is 0 Å². The molecule has 0 saturated heterocycles. The van der Waals surface area contributed by atoms with E-state index in [-0.39, 0.29) is 17.2 Å². The van der Waals surface area contributed by atoms with Gasteiger partial charge in [-0.1, -0.05) is 54.6 Å². The lowest BCUT2D eigenvalue weighted by Gasteiger charge is -2.12. The van der Waals surface area contributed by atoms with E-state index in [9.17, 15) is 14.4 Å². The summed E-state index contributed by atoms with van der Waals surface area (Å²) >= 11 is 0. The fraction of sp³-hybridized carbons (Fsp3) is 0. The standard InChI is InChI=1S/C27H21N3O6/c31-25(28-19-10-4-1-5-11-19)34-22-16-23(35-26(32)29-20-12-6-2-7-13-20)18-24(17-22)36-27(33)30-21-14-8-3-9-15-21/h1-18H,(H,28,31)(H,29,32)(H,30,33). The van der Waals surface area contributed by atoms with Crippen LogP contribution in [0.4, 0.5) is 31.4 Å². The van der Waals surface area contributed by atoms with Gasteiger partial charge in [-0.05, 0) is 36.4 Å². The Morgan fingerprint density at radius 3 is 0.917 bits per heavy atom. The fourth-order valence-electron chi connectivity index (χ4n) is 3.04. The van der Waals surface area contributed by atoms with E-state index < -0.39 is 18.3 Å². The third-order valence-corrected chi connectivity index (χ3v) is 4.55. The van der Waals surface area contributed by atoms with Crippen LogP contribution in [0.5, 0.6) is 17.2 Å². The van der Waals surface area contributed by atoms with Crippen LogP contribution in [0.15, 0.2) is 109 Å². The van der Waals surface area contributed by atoms with Crippen LogP contribution in [0.1, 0.15) is 0 Å². The van der Waals surface area contributed by atoms with Crippen LogP contribution in [0.25, 0.3) is 0 Å². The van der Waals surface area contributed by atoms with Gasteiger partial charge in [0.2, 0.25) is 0 Å². The Kier molecular flexibility index (Phi) is 7.75. The first kappa shape index (κ1) is 23.8. The summed E-state index contributed by atoms with van der Waals surface area (Å²) in [6.07, 6.45) is -2.36. The van der Waals surface area contributed by atoms with Crippen molar-refractivity contribution in [3.8, 4) is 17.2 Å². The average molecular weight is 483 g/mol. The molecule has 3 amide bonds. The molecule has 0 radical (unpaired) electrons. The van der Waals surface area contributed by atoms with Gasteiger partial charge in [0.15, 0.2) is 0 Å². The van der Waals surface area contributed by atoms with Crippen molar-refractivity contribution in [2.75, 3.05) is 16.0 Å². The van der Waals surface area contributed by atoms with Gasteiger partial charge in [-0.2, -0.15) is 0 Å². The van der Waals surface area contributed by atoms with Crippen molar-refractivity contribution < 1.29 is 28.6 Å². The Labute approximate surface area is 206 Å². The third-order valence-electron chi connectivity index (χ3n) is 4.55. The maximum atomic E-state index is 12.4. The summed E-state index contributed by atoms with van der Waals surface area (Å²) < 4.78 is 16.0. The molecule has 4 aromatic rings. The fourth-order valence-corrected chi connectivity index (χ4v) is 3.04. The SMILES string of the molecule is O=C(Nc1ccccc1)Oc1cc(OC(=O)Nc2ccccc2)cc(OC(=O)Nc2ccccc2)c1. The van der Waals surface area contributed by atoms with E-state index in [1.165, 1.54) is 18.2 Å². The van der Waals surface area contributed by atoms with Crippen molar-refractivity contribution in [1.82, 2.24) is 0 Å². The van der Waals surface area contributed by atoms with Gasteiger partial charge in [-0.15, -0.1) is 0 Å². The molecule has 0 bridgehead atoms. The molecule has 180 valence electrons. The van der Waals surface area contributed by atoms with E-state index in [2.05, 4.69) is 16.0 Å². The van der Waals surface area contributed by atoms with Gasteiger partial charge in [-0.3, -0.25) is 16.0 Å². The smallest absolute Gasteiger partial charge is 0.410 e. The molecule has 0 aliphatic heterocycles. The number of ether oxygens (including phenoxy) is 3. The lowest BCUT2D eigenvalue weighted by atomic mass is 10.3. The first-order valence-corrected chi connectivity index (χ1v) is 10.8. The highest BCUT2D eigenvalue weighted by Crippen LogP contribution is 2.29. The quantitative estimate of drug-likeness (QED) is 0.288. The number of hydrogen-bond acceptors (Lipinski definition) is 6. The topological polar surface area (TPSA) is 115 Å². The average Bonchev–Trinajstić information content (AvgIpc) is 2.85. The zero-order valence-electron chi connectivity index (χ0n) is 18.8. The molecule has 0 heterocycles. The minimum atomic E-state index is -0.785. The second-order valence-corrected chi connectivity index (χ2v) is 7.28. The normalized spacial score (nSPS) is 10.0. The van der Waals surface area contributed by atoms with Gasteiger partial charge in [0.1, 0.15) is 17.2 Å². The van der Waals surface area contributed by atoms with E-state index in [0.717, 1.165) is 0 Å². The summed E-state index contributed by atoms with van der Waals surface area (Å²) in [5.74, 6) is -0.0529. The molecule has 4 rings (SSSR count). The number of carbonyl (C=O) groups is 3. The molecule has 9 nitrogen and oxygen atoms in total. The number of anilines is 3. The predicted octanol–water partition coefficient (Wildman–Crippen LogP) is 6.52. The molecule has 0 aliphatic carbocycles. The molecule has 3 N–H and O–H groups in total. The van der Waals surface area contributed by atoms with Gasteiger partial charge in [0.05, 0.1) is 0 Å². The first-order chi connectivity index (χ1) is 17.5. The molecule has 0 unspecified atom stereocenters. The molecule has 0 aliphatic rings. The molecule has 0 aromatic heterocycles. The highest BCUT2D eigenvalue weighted by Gasteiger charge is 2.14. The summed E-state index contributed by atoms with van der Waals surface area (Å²) in [6.45, 7) is 0. The van der Waals surface area contributed by atoms with E-state index >= 15 is 0 Å². The number of nitrogens with one attached hydrogen (secondary N) is 3. The van der Waals surface area contributed by atoms with Crippen molar-refractivity contribution in [3.63, 3.8) is 0 Å². The number of carbonyl (C=O) groups excluding carboxylic acids is 3. The minimum absolute atomic E-state index is 0.0176. The molecule has 36 heavy (non-hydrogen) atoms. The van der Waals surface area contributed by atoms with Gasteiger partial charge in [0.25, 0.3) is 0 Å². The second-order valence-electron chi connectivity index (χ2n) is 7.28. The van der Waals surface area contributed by atoms with Gasteiger partial charge in [-0.25, -0.2) is 14.4 Å². The van der Waals surface area contributed by atoms with Crippen LogP contribution >= 0.6 is 0 Å². The number of para-hydroxylation sites is 3. The zero-order chi connectivity index (χ0) is 25.2. The van der Waals surface area contributed by atoms with E-state index in [0.29, 0.717) is 17.1 Å². The molecule has 9 heteroatoms. The summed E-state index contributed by atoms with van der Waals surface area (Å²) in [5, 5.41) is 7.72. The Hall–Kier alpha value is -5.31. The number of hydrogen-bond donors (Lipinski definition) is 3. The van der Waals surface area contributed by atoms with E-state index in [1.54, 1.807) is 72.8 Å².